The Kier molecular flexibility index (Phi) is 7.33. The number of aromatic amines is 1. The average Bonchev–Trinajstić information content (AvgIpc) is 3.04. The van der Waals surface area contributed by atoms with Gasteiger partial charge in [0.2, 0.25) is 0 Å². The molecule has 27 heavy (non-hydrogen) atoms. The zero-order chi connectivity index (χ0) is 18.7. The second-order valence-electron chi connectivity index (χ2n) is 5.08. The van der Waals surface area contributed by atoms with Gasteiger partial charge in [-0.15, -0.1) is 0 Å². The molecule has 0 aliphatic carbocycles. The minimum absolute atomic E-state index is 0. The van der Waals surface area contributed by atoms with Gasteiger partial charge in [-0.25, -0.2) is 4.98 Å². The first-order chi connectivity index (χ1) is 12.5. The summed E-state index contributed by atoms with van der Waals surface area (Å²) < 4.78 is 52.1. The van der Waals surface area contributed by atoms with E-state index in [0.29, 0.717) is 28.2 Å². The zero-order valence-electron chi connectivity index (χ0n) is 14.6. The first kappa shape index (κ1) is 21.3. The van der Waals surface area contributed by atoms with Gasteiger partial charge in [0.1, 0.15) is 5.75 Å². The number of nitrogens with one attached hydrogen (secondary N) is 1. The van der Waals surface area contributed by atoms with Crippen molar-refractivity contribution in [2.45, 2.75) is 17.5 Å². The van der Waals surface area contributed by atoms with Crippen LogP contribution in [0.2, 0.25) is 0 Å². The number of ether oxygens (including phenoxy) is 3. The molecule has 0 bridgehead atoms. The van der Waals surface area contributed by atoms with Crippen LogP contribution in [0.1, 0.15) is 5.69 Å². The van der Waals surface area contributed by atoms with Crippen molar-refractivity contribution in [3.63, 3.8) is 0 Å². The predicted molar refractivity (Wildman–Crippen MR) is 95.9 cm³/mol. The molecule has 0 radical (unpaired) electrons. The SMILES string of the molecule is COc1ccnc(CS(=O)c2nc3ccc(OC(F)F)cc3[nH]2)c1OC.[Mg+2]. The number of rotatable bonds is 7. The number of hydrogen-bond donors (Lipinski definition) is 1. The Labute approximate surface area is 172 Å². The van der Waals surface area contributed by atoms with E-state index in [9.17, 15) is 13.0 Å². The third-order valence-electron chi connectivity index (χ3n) is 3.51. The van der Waals surface area contributed by atoms with Crippen LogP contribution in [0.15, 0.2) is 35.6 Å². The van der Waals surface area contributed by atoms with Gasteiger partial charge in [-0.05, 0) is 12.1 Å². The van der Waals surface area contributed by atoms with E-state index in [1.54, 1.807) is 6.07 Å². The van der Waals surface area contributed by atoms with Gasteiger partial charge in [-0.2, -0.15) is 8.78 Å². The van der Waals surface area contributed by atoms with E-state index in [1.165, 1.54) is 38.6 Å². The number of imidazole rings is 1. The summed E-state index contributed by atoms with van der Waals surface area (Å²) in [6, 6.07) is 5.89. The maximum absolute atomic E-state index is 12.6. The topological polar surface area (TPSA) is 86.3 Å². The molecule has 0 spiro atoms. The molecule has 11 heteroatoms. The van der Waals surface area contributed by atoms with E-state index in [4.69, 9.17) is 9.47 Å². The fourth-order valence-electron chi connectivity index (χ4n) is 2.40. The van der Waals surface area contributed by atoms with Crippen LogP contribution in [0, 0.1) is 0 Å². The largest absolute Gasteiger partial charge is 2.00 e. The van der Waals surface area contributed by atoms with Gasteiger partial charge in [-0.1, -0.05) is 0 Å². The van der Waals surface area contributed by atoms with Crippen molar-refractivity contribution in [1.29, 1.82) is 0 Å². The first-order valence-electron chi connectivity index (χ1n) is 7.40. The number of nitrogens with zero attached hydrogens (tertiary/aromatic N) is 2. The minimum Gasteiger partial charge on any atom is -0.493 e. The Morgan fingerprint density at radius 3 is 2.67 bits per heavy atom. The number of fused-ring (bicyclic) bond motifs is 1. The number of pyridine rings is 1. The van der Waals surface area contributed by atoms with Crippen molar-refractivity contribution >= 4 is 44.9 Å². The molecule has 1 atom stereocenters. The van der Waals surface area contributed by atoms with Gasteiger partial charge in [-0.3, -0.25) is 9.19 Å². The van der Waals surface area contributed by atoms with Crippen LogP contribution in [0.4, 0.5) is 8.78 Å². The molecule has 0 aliphatic heterocycles. The maximum Gasteiger partial charge on any atom is 2.00 e. The standard InChI is InChI=1S/C16H15F2N3O4S.Mg/c1-23-13-5-6-19-12(14(13)24-2)8-26(22)16-20-10-4-3-9(25-15(17)18)7-11(10)21-16;/h3-7,15H,8H2,1-2H3,(H,20,21);/q;+2. The summed E-state index contributed by atoms with van der Waals surface area (Å²) in [7, 11) is 1.41. The molecular weight excluding hydrogens is 393 g/mol. The molecule has 0 fully saturated rings. The van der Waals surface area contributed by atoms with E-state index in [0.717, 1.165) is 0 Å². The molecule has 0 saturated carbocycles. The number of aromatic nitrogens is 3. The van der Waals surface area contributed by atoms with Crippen molar-refractivity contribution in [2.24, 2.45) is 0 Å². The number of H-pyrrole nitrogens is 1. The smallest absolute Gasteiger partial charge is 0.493 e. The van der Waals surface area contributed by atoms with E-state index < -0.39 is 17.4 Å². The van der Waals surface area contributed by atoms with Crippen molar-refractivity contribution in [3.05, 3.63) is 36.2 Å². The minimum atomic E-state index is -2.92. The fourth-order valence-corrected chi connectivity index (χ4v) is 3.41. The summed E-state index contributed by atoms with van der Waals surface area (Å²) in [6.45, 7) is -2.92. The first-order valence-corrected chi connectivity index (χ1v) is 8.72. The summed E-state index contributed by atoms with van der Waals surface area (Å²) >= 11 is 0. The predicted octanol–water partition coefficient (Wildman–Crippen LogP) is 2.50. The molecule has 3 aromatic rings. The molecule has 0 saturated heterocycles. The molecule has 7 nitrogen and oxygen atoms in total. The fraction of sp³-hybridized carbons (Fsp3) is 0.250. The van der Waals surface area contributed by atoms with Gasteiger partial charge < -0.3 is 19.2 Å². The molecule has 0 amide bonds. The van der Waals surface area contributed by atoms with Crippen LogP contribution in [-0.2, 0) is 16.6 Å². The van der Waals surface area contributed by atoms with Gasteiger partial charge in [0.15, 0.2) is 16.7 Å². The monoisotopic (exact) mass is 407 g/mol. The Balaban J connectivity index is 0.00000261. The van der Waals surface area contributed by atoms with Crippen molar-refractivity contribution < 1.29 is 27.2 Å². The molecule has 2 heterocycles. The Bertz CT molecular complexity index is 955. The van der Waals surface area contributed by atoms with Crippen LogP contribution in [-0.4, -0.2) is 63.0 Å². The van der Waals surface area contributed by atoms with E-state index >= 15 is 0 Å². The van der Waals surface area contributed by atoms with Crippen LogP contribution < -0.4 is 14.2 Å². The molecule has 138 valence electrons. The van der Waals surface area contributed by atoms with Gasteiger partial charge in [0, 0.05) is 18.3 Å². The van der Waals surface area contributed by atoms with E-state index in [1.807, 2.05) is 0 Å². The Hall–Kier alpha value is -1.98. The number of hydrogen-bond acceptors (Lipinski definition) is 6. The summed E-state index contributed by atoms with van der Waals surface area (Å²) in [4.78, 5) is 11.3. The van der Waals surface area contributed by atoms with Gasteiger partial charge in [0.25, 0.3) is 0 Å². The van der Waals surface area contributed by atoms with Crippen LogP contribution >= 0.6 is 0 Å². The normalized spacial score (nSPS) is 11.9. The third kappa shape index (κ3) is 4.85. The van der Waals surface area contributed by atoms with Crippen LogP contribution in [0.5, 0.6) is 17.2 Å². The number of halogens is 2. The van der Waals surface area contributed by atoms with Gasteiger partial charge in [0.05, 0.1) is 47.5 Å². The van der Waals surface area contributed by atoms with E-state index in [-0.39, 0.29) is 39.7 Å². The van der Waals surface area contributed by atoms with Gasteiger partial charge >= 0.3 is 29.7 Å². The molecule has 1 unspecified atom stereocenters. The van der Waals surface area contributed by atoms with Crippen molar-refractivity contribution in [2.75, 3.05) is 14.2 Å². The third-order valence-corrected chi connectivity index (χ3v) is 4.67. The summed E-state index contributed by atoms with van der Waals surface area (Å²) in [5, 5.41) is 0.195. The number of benzene rings is 1. The summed E-state index contributed by atoms with van der Waals surface area (Å²) in [6.07, 6.45) is 1.53. The zero-order valence-corrected chi connectivity index (χ0v) is 16.8. The van der Waals surface area contributed by atoms with Crippen molar-refractivity contribution in [1.82, 2.24) is 15.0 Å². The molecule has 2 aromatic heterocycles. The molecule has 1 N–H and O–H groups in total. The van der Waals surface area contributed by atoms with E-state index in [2.05, 4.69) is 19.7 Å². The Morgan fingerprint density at radius 1 is 1.22 bits per heavy atom. The second-order valence-corrected chi connectivity index (χ2v) is 6.45. The molecule has 1 aromatic carbocycles. The second kappa shape index (κ2) is 9.29. The molecular formula is C16H15F2MgN3O4S+2. The summed E-state index contributed by atoms with van der Waals surface area (Å²) in [5.74, 6) is 0.908. The molecule has 0 aliphatic rings. The Morgan fingerprint density at radius 2 is 2.00 bits per heavy atom. The summed E-state index contributed by atoms with van der Waals surface area (Å²) in [5.41, 5.74) is 1.38. The maximum atomic E-state index is 12.6. The van der Waals surface area contributed by atoms with Crippen molar-refractivity contribution in [3.8, 4) is 17.2 Å². The molecule has 3 rings (SSSR count). The number of alkyl halides is 2. The van der Waals surface area contributed by atoms with Crippen LogP contribution in [0.25, 0.3) is 11.0 Å². The number of methoxy groups -OCH3 is 2. The van der Waals surface area contributed by atoms with Crippen LogP contribution in [0.3, 0.4) is 0 Å². The quantitative estimate of drug-likeness (QED) is 0.606. The average molecular weight is 408 g/mol.